The molecular formula is C22H31N3O4. The summed E-state index contributed by atoms with van der Waals surface area (Å²) in [4.78, 5) is 4.28. The van der Waals surface area contributed by atoms with Crippen LogP contribution in [0.4, 0.5) is 0 Å². The third kappa shape index (κ3) is 6.48. The van der Waals surface area contributed by atoms with Gasteiger partial charge in [0.2, 0.25) is 5.75 Å². The first-order valence-corrected chi connectivity index (χ1v) is 9.51. The molecule has 0 heterocycles. The van der Waals surface area contributed by atoms with Gasteiger partial charge in [0, 0.05) is 20.1 Å². The zero-order valence-electron chi connectivity index (χ0n) is 17.9. The number of ether oxygens (including phenoxy) is 4. The van der Waals surface area contributed by atoms with Crippen LogP contribution in [-0.2, 0) is 13.0 Å². The minimum absolute atomic E-state index is 0.576. The summed E-state index contributed by atoms with van der Waals surface area (Å²) in [6.07, 6.45) is 1.95. The van der Waals surface area contributed by atoms with Crippen molar-refractivity contribution in [1.29, 1.82) is 0 Å². The Morgan fingerprint density at radius 1 is 0.862 bits per heavy atom. The molecule has 0 radical (unpaired) electrons. The molecule has 0 amide bonds. The summed E-state index contributed by atoms with van der Waals surface area (Å²) in [6.45, 7) is 1.39. The summed E-state index contributed by atoms with van der Waals surface area (Å²) >= 11 is 0. The molecule has 2 rings (SSSR count). The maximum atomic E-state index is 5.40. The number of methoxy groups -OCH3 is 4. The Morgan fingerprint density at radius 3 is 2.17 bits per heavy atom. The molecule has 0 saturated heterocycles. The predicted molar refractivity (Wildman–Crippen MR) is 116 cm³/mol. The van der Waals surface area contributed by atoms with E-state index in [0.29, 0.717) is 23.8 Å². The second kappa shape index (κ2) is 11.7. The van der Waals surface area contributed by atoms with E-state index in [1.54, 1.807) is 35.5 Å². The Kier molecular flexibility index (Phi) is 8.95. The van der Waals surface area contributed by atoms with Gasteiger partial charge in [-0.25, -0.2) is 0 Å². The van der Waals surface area contributed by atoms with Crippen LogP contribution in [0.1, 0.15) is 17.5 Å². The molecule has 2 aromatic carbocycles. The van der Waals surface area contributed by atoms with E-state index in [2.05, 4.69) is 27.8 Å². The number of aryl methyl sites for hydroxylation is 1. The lowest BCUT2D eigenvalue weighted by Gasteiger charge is -2.16. The lowest BCUT2D eigenvalue weighted by Crippen LogP contribution is -2.37. The first-order chi connectivity index (χ1) is 14.1. The molecule has 29 heavy (non-hydrogen) atoms. The molecule has 0 aliphatic rings. The molecule has 0 atom stereocenters. The van der Waals surface area contributed by atoms with E-state index in [0.717, 1.165) is 36.7 Å². The van der Waals surface area contributed by atoms with Gasteiger partial charge in [-0.05, 0) is 48.2 Å². The van der Waals surface area contributed by atoms with Crippen molar-refractivity contribution >= 4 is 5.96 Å². The summed E-state index contributed by atoms with van der Waals surface area (Å²) < 4.78 is 21.4. The number of benzene rings is 2. The van der Waals surface area contributed by atoms with Crippen molar-refractivity contribution in [2.45, 2.75) is 19.4 Å². The lowest BCUT2D eigenvalue weighted by atomic mass is 10.1. The van der Waals surface area contributed by atoms with Crippen molar-refractivity contribution in [3.63, 3.8) is 0 Å². The zero-order chi connectivity index (χ0) is 21.1. The van der Waals surface area contributed by atoms with Crippen molar-refractivity contribution in [1.82, 2.24) is 10.6 Å². The molecule has 0 bridgehead atoms. The van der Waals surface area contributed by atoms with Gasteiger partial charge in [-0.1, -0.05) is 12.1 Å². The largest absolute Gasteiger partial charge is 0.497 e. The van der Waals surface area contributed by atoms with Crippen LogP contribution in [0, 0.1) is 0 Å². The van der Waals surface area contributed by atoms with Crippen LogP contribution >= 0.6 is 0 Å². The van der Waals surface area contributed by atoms with Crippen molar-refractivity contribution in [3.8, 4) is 23.0 Å². The van der Waals surface area contributed by atoms with Crippen molar-refractivity contribution in [2.24, 2.45) is 4.99 Å². The van der Waals surface area contributed by atoms with Crippen molar-refractivity contribution < 1.29 is 18.9 Å². The number of hydrogen-bond donors (Lipinski definition) is 2. The normalized spacial score (nSPS) is 11.0. The Morgan fingerprint density at radius 2 is 1.59 bits per heavy atom. The van der Waals surface area contributed by atoms with Gasteiger partial charge in [-0.3, -0.25) is 4.99 Å². The zero-order valence-corrected chi connectivity index (χ0v) is 17.9. The highest BCUT2D eigenvalue weighted by Gasteiger charge is 2.13. The molecular weight excluding hydrogens is 370 g/mol. The van der Waals surface area contributed by atoms with E-state index in [9.17, 15) is 0 Å². The monoisotopic (exact) mass is 401 g/mol. The van der Waals surface area contributed by atoms with Crippen LogP contribution in [0.2, 0.25) is 0 Å². The van der Waals surface area contributed by atoms with Crippen LogP contribution < -0.4 is 29.6 Å². The molecule has 7 nitrogen and oxygen atoms in total. The Labute approximate surface area is 173 Å². The van der Waals surface area contributed by atoms with Gasteiger partial charge < -0.3 is 29.6 Å². The fourth-order valence-electron chi connectivity index (χ4n) is 2.97. The van der Waals surface area contributed by atoms with Gasteiger partial charge in [0.05, 0.1) is 28.4 Å². The average molecular weight is 402 g/mol. The second-order valence-electron chi connectivity index (χ2n) is 6.34. The van der Waals surface area contributed by atoms with Gasteiger partial charge in [-0.15, -0.1) is 0 Å². The first kappa shape index (κ1) is 22.2. The maximum absolute atomic E-state index is 5.40. The first-order valence-electron chi connectivity index (χ1n) is 9.51. The molecule has 0 fully saturated rings. The van der Waals surface area contributed by atoms with Crippen LogP contribution in [0.5, 0.6) is 23.0 Å². The highest BCUT2D eigenvalue weighted by Crippen LogP contribution is 2.38. The van der Waals surface area contributed by atoms with Gasteiger partial charge in [-0.2, -0.15) is 0 Å². The summed E-state index contributed by atoms with van der Waals surface area (Å²) in [5.74, 6) is 3.47. The van der Waals surface area contributed by atoms with Crippen LogP contribution in [0.25, 0.3) is 0 Å². The molecule has 2 aromatic rings. The Hall–Kier alpha value is -3.09. The van der Waals surface area contributed by atoms with E-state index < -0.39 is 0 Å². The molecule has 0 aliphatic carbocycles. The third-order valence-electron chi connectivity index (χ3n) is 4.48. The topological polar surface area (TPSA) is 73.3 Å². The number of nitrogens with one attached hydrogen (secondary N) is 2. The van der Waals surface area contributed by atoms with Gasteiger partial charge >= 0.3 is 0 Å². The van der Waals surface area contributed by atoms with Gasteiger partial charge in [0.1, 0.15) is 5.75 Å². The number of hydrogen-bond acceptors (Lipinski definition) is 5. The number of rotatable bonds is 10. The quantitative estimate of drug-likeness (QED) is 0.362. The lowest BCUT2D eigenvalue weighted by molar-refractivity contribution is 0.323. The molecule has 0 aliphatic heterocycles. The van der Waals surface area contributed by atoms with E-state index >= 15 is 0 Å². The summed E-state index contributed by atoms with van der Waals surface area (Å²) in [5.41, 5.74) is 2.25. The molecule has 0 aromatic heterocycles. The number of aliphatic imine (C=N–C) groups is 1. The minimum atomic E-state index is 0.576. The molecule has 7 heteroatoms. The highest BCUT2D eigenvalue weighted by molar-refractivity contribution is 5.79. The summed E-state index contributed by atoms with van der Waals surface area (Å²) in [6, 6.07) is 12.0. The SMILES string of the molecule is CN=C(NCCCc1cccc(OC)c1)NCc1cc(OC)c(OC)c(OC)c1. The fourth-order valence-corrected chi connectivity index (χ4v) is 2.97. The van der Waals surface area contributed by atoms with Gasteiger partial charge in [0.15, 0.2) is 17.5 Å². The average Bonchev–Trinajstić information content (AvgIpc) is 2.77. The van der Waals surface area contributed by atoms with E-state index in [1.165, 1.54) is 5.56 Å². The van der Waals surface area contributed by atoms with Crippen LogP contribution in [0.3, 0.4) is 0 Å². The Balaban J connectivity index is 1.86. The van der Waals surface area contributed by atoms with Crippen LogP contribution in [-0.4, -0.2) is 48.0 Å². The van der Waals surface area contributed by atoms with Crippen LogP contribution in [0.15, 0.2) is 41.4 Å². The molecule has 2 N–H and O–H groups in total. The Bertz CT molecular complexity index is 783. The van der Waals surface area contributed by atoms with Gasteiger partial charge in [0.25, 0.3) is 0 Å². The van der Waals surface area contributed by atoms with E-state index in [-0.39, 0.29) is 0 Å². The number of guanidine groups is 1. The third-order valence-corrected chi connectivity index (χ3v) is 4.48. The molecule has 0 saturated carbocycles. The van der Waals surface area contributed by atoms with E-state index in [4.69, 9.17) is 18.9 Å². The standard InChI is InChI=1S/C22H31N3O4/c1-23-22(24-11-7-9-16-8-6-10-18(12-16)26-2)25-15-17-13-19(27-3)21(29-5)20(14-17)28-4/h6,8,10,12-14H,7,9,11,15H2,1-5H3,(H2,23,24,25). The summed E-state index contributed by atoms with van der Waals surface area (Å²) in [5, 5.41) is 6.65. The fraction of sp³-hybridized carbons (Fsp3) is 0.409. The van der Waals surface area contributed by atoms with Crippen molar-refractivity contribution in [2.75, 3.05) is 42.0 Å². The van der Waals surface area contributed by atoms with E-state index in [1.807, 2.05) is 24.3 Å². The highest BCUT2D eigenvalue weighted by atomic mass is 16.5. The minimum Gasteiger partial charge on any atom is -0.497 e. The molecule has 0 spiro atoms. The molecule has 158 valence electrons. The second-order valence-corrected chi connectivity index (χ2v) is 6.34. The predicted octanol–water partition coefficient (Wildman–Crippen LogP) is 3.02. The smallest absolute Gasteiger partial charge is 0.203 e. The summed E-state index contributed by atoms with van der Waals surface area (Å²) in [7, 11) is 8.25. The van der Waals surface area contributed by atoms with Crippen molar-refractivity contribution in [3.05, 3.63) is 47.5 Å². The maximum Gasteiger partial charge on any atom is 0.203 e. The number of nitrogens with zero attached hydrogens (tertiary/aromatic N) is 1. The molecule has 0 unspecified atom stereocenters.